The van der Waals surface area contributed by atoms with Gasteiger partial charge in [0.15, 0.2) is 0 Å². The third kappa shape index (κ3) is 2.35. The minimum absolute atomic E-state index is 0.242. The lowest BCUT2D eigenvalue weighted by Crippen LogP contribution is -2.21. The maximum Gasteiger partial charge on any atom is 0.311 e. The summed E-state index contributed by atoms with van der Waals surface area (Å²) in [6.07, 6.45) is 4.28. The van der Waals surface area contributed by atoms with Crippen LogP contribution >= 0.6 is 0 Å². The Kier molecular flexibility index (Phi) is 3.60. The monoisotopic (exact) mass is 247 g/mol. The summed E-state index contributed by atoms with van der Waals surface area (Å²) in [4.78, 5) is 11.6. The van der Waals surface area contributed by atoms with Crippen LogP contribution in [-0.2, 0) is 4.79 Å². The van der Waals surface area contributed by atoms with Crippen LogP contribution in [0.1, 0.15) is 48.3 Å². The summed E-state index contributed by atoms with van der Waals surface area (Å²) >= 11 is 0. The van der Waals surface area contributed by atoms with Gasteiger partial charge in [0.05, 0.1) is 5.92 Å². The molecule has 1 aromatic carbocycles. The van der Waals surface area contributed by atoms with Crippen molar-refractivity contribution in [1.82, 2.24) is 0 Å². The summed E-state index contributed by atoms with van der Waals surface area (Å²) in [6.45, 7) is 3.93. The van der Waals surface area contributed by atoms with E-state index in [2.05, 4.69) is 0 Å². The highest BCUT2D eigenvalue weighted by Crippen LogP contribution is 2.40. The molecule has 1 aliphatic carbocycles. The van der Waals surface area contributed by atoms with Gasteiger partial charge in [-0.25, -0.2) is 0 Å². The van der Waals surface area contributed by atoms with Crippen LogP contribution in [0.15, 0.2) is 12.1 Å². The summed E-state index contributed by atoms with van der Waals surface area (Å²) in [5.41, 5.74) is 9.62. The van der Waals surface area contributed by atoms with Crippen molar-refractivity contribution >= 4 is 11.7 Å². The lowest BCUT2D eigenvalue weighted by molar-refractivity contribution is -0.140. The van der Waals surface area contributed by atoms with E-state index in [0.29, 0.717) is 5.69 Å². The summed E-state index contributed by atoms with van der Waals surface area (Å²) in [6, 6.07) is 3.95. The van der Waals surface area contributed by atoms with E-state index in [1.54, 1.807) is 0 Å². The van der Waals surface area contributed by atoms with Crippen molar-refractivity contribution in [3.05, 3.63) is 28.8 Å². The molecule has 0 bridgehead atoms. The van der Waals surface area contributed by atoms with E-state index in [1.807, 2.05) is 26.0 Å². The average Bonchev–Trinajstić information content (AvgIpc) is 2.78. The van der Waals surface area contributed by atoms with Crippen LogP contribution in [0, 0.1) is 19.8 Å². The van der Waals surface area contributed by atoms with Gasteiger partial charge in [-0.05, 0) is 43.7 Å². The number of benzene rings is 1. The van der Waals surface area contributed by atoms with Crippen molar-refractivity contribution in [3.8, 4) is 0 Å². The second-order valence-electron chi connectivity index (χ2n) is 5.45. The summed E-state index contributed by atoms with van der Waals surface area (Å²) < 4.78 is 0. The third-order valence-corrected chi connectivity index (χ3v) is 4.04. The Hall–Kier alpha value is -1.51. The van der Waals surface area contributed by atoms with Gasteiger partial charge < -0.3 is 10.8 Å². The van der Waals surface area contributed by atoms with E-state index in [-0.39, 0.29) is 5.92 Å². The molecule has 0 aliphatic heterocycles. The first-order valence-corrected chi connectivity index (χ1v) is 6.60. The Morgan fingerprint density at radius 1 is 1.33 bits per heavy atom. The van der Waals surface area contributed by atoms with Gasteiger partial charge in [-0.15, -0.1) is 0 Å². The first kappa shape index (κ1) is 12.9. The highest BCUT2D eigenvalue weighted by atomic mass is 16.4. The molecule has 3 heteroatoms. The van der Waals surface area contributed by atoms with E-state index in [4.69, 9.17) is 5.73 Å². The molecule has 1 saturated carbocycles. The molecule has 98 valence electrons. The number of carboxylic acid groups (broad SMARTS) is 1. The van der Waals surface area contributed by atoms with Crippen molar-refractivity contribution < 1.29 is 9.90 Å². The topological polar surface area (TPSA) is 63.3 Å². The molecule has 1 aromatic rings. The van der Waals surface area contributed by atoms with Gasteiger partial charge in [-0.2, -0.15) is 0 Å². The average molecular weight is 247 g/mol. The second kappa shape index (κ2) is 5.01. The van der Waals surface area contributed by atoms with Gasteiger partial charge in [-0.3, -0.25) is 4.79 Å². The van der Waals surface area contributed by atoms with Crippen molar-refractivity contribution in [1.29, 1.82) is 0 Å². The van der Waals surface area contributed by atoms with Crippen LogP contribution in [0.4, 0.5) is 5.69 Å². The van der Waals surface area contributed by atoms with Gasteiger partial charge in [0.25, 0.3) is 0 Å². The number of aliphatic carboxylic acids is 1. The van der Waals surface area contributed by atoms with E-state index in [9.17, 15) is 9.90 Å². The van der Waals surface area contributed by atoms with E-state index in [0.717, 1.165) is 42.4 Å². The molecule has 0 radical (unpaired) electrons. The van der Waals surface area contributed by atoms with Gasteiger partial charge in [0, 0.05) is 5.69 Å². The molecule has 0 amide bonds. The SMILES string of the molecule is Cc1cc(C)c(N)c(C(C(=O)O)C2CCCC2)c1. The molecule has 0 saturated heterocycles. The van der Waals surface area contributed by atoms with Crippen LogP contribution in [-0.4, -0.2) is 11.1 Å². The largest absolute Gasteiger partial charge is 0.481 e. The highest BCUT2D eigenvalue weighted by Gasteiger charge is 2.33. The summed E-state index contributed by atoms with van der Waals surface area (Å²) in [7, 11) is 0. The standard InChI is InChI=1S/C15H21NO2/c1-9-7-10(2)14(16)12(8-9)13(15(17)18)11-5-3-4-6-11/h7-8,11,13H,3-6,16H2,1-2H3,(H,17,18). The highest BCUT2D eigenvalue weighted by molar-refractivity contribution is 5.80. The molecule has 1 atom stereocenters. The zero-order valence-corrected chi connectivity index (χ0v) is 11.1. The lowest BCUT2D eigenvalue weighted by Gasteiger charge is -2.22. The molecule has 3 N–H and O–H groups in total. The zero-order valence-electron chi connectivity index (χ0n) is 11.1. The Balaban J connectivity index is 2.45. The van der Waals surface area contributed by atoms with Gasteiger partial charge in [0.2, 0.25) is 0 Å². The fourth-order valence-electron chi connectivity index (χ4n) is 3.15. The van der Waals surface area contributed by atoms with E-state index in [1.165, 1.54) is 0 Å². The minimum atomic E-state index is -0.737. The Labute approximate surface area is 108 Å². The van der Waals surface area contributed by atoms with Crippen LogP contribution in [0.5, 0.6) is 0 Å². The number of nitrogen functional groups attached to an aromatic ring is 1. The zero-order chi connectivity index (χ0) is 13.3. The normalized spacial score (nSPS) is 17.9. The number of carboxylic acids is 1. The number of rotatable bonds is 3. The van der Waals surface area contributed by atoms with E-state index < -0.39 is 11.9 Å². The Morgan fingerprint density at radius 2 is 1.94 bits per heavy atom. The molecular weight excluding hydrogens is 226 g/mol. The number of hydrogen-bond donors (Lipinski definition) is 2. The quantitative estimate of drug-likeness (QED) is 0.806. The Bertz CT molecular complexity index is 462. The predicted octanol–water partition coefficient (Wildman–Crippen LogP) is 3.24. The molecule has 1 unspecified atom stereocenters. The van der Waals surface area contributed by atoms with Gasteiger partial charge >= 0.3 is 5.97 Å². The van der Waals surface area contributed by atoms with Gasteiger partial charge in [0.1, 0.15) is 0 Å². The van der Waals surface area contributed by atoms with Crippen LogP contribution in [0.2, 0.25) is 0 Å². The fraction of sp³-hybridized carbons (Fsp3) is 0.533. The minimum Gasteiger partial charge on any atom is -0.481 e. The molecule has 0 spiro atoms. The maximum atomic E-state index is 11.6. The summed E-state index contributed by atoms with van der Waals surface area (Å²) in [5, 5.41) is 9.54. The van der Waals surface area contributed by atoms with Gasteiger partial charge in [-0.1, -0.05) is 30.5 Å². The number of carbonyl (C=O) groups is 1. The Morgan fingerprint density at radius 3 is 2.50 bits per heavy atom. The lowest BCUT2D eigenvalue weighted by atomic mass is 9.82. The first-order chi connectivity index (χ1) is 8.50. The van der Waals surface area contributed by atoms with Crippen LogP contribution in [0.3, 0.4) is 0 Å². The van der Waals surface area contributed by atoms with Crippen LogP contribution in [0.25, 0.3) is 0 Å². The maximum absolute atomic E-state index is 11.6. The van der Waals surface area contributed by atoms with Crippen molar-refractivity contribution in [2.45, 2.75) is 45.4 Å². The molecule has 0 aromatic heterocycles. The molecule has 1 fully saturated rings. The third-order valence-electron chi connectivity index (χ3n) is 4.04. The van der Waals surface area contributed by atoms with Crippen molar-refractivity contribution in [2.24, 2.45) is 5.92 Å². The first-order valence-electron chi connectivity index (χ1n) is 6.60. The molecule has 3 nitrogen and oxygen atoms in total. The molecular formula is C15H21NO2. The summed E-state index contributed by atoms with van der Waals surface area (Å²) in [5.74, 6) is -0.935. The fourth-order valence-corrected chi connectivity index (χ4v) is 3.15. The van der Waals surface area contributed by atoms with E-state index >= 15 is 0 Å². The number of anilines is 1. The number of hydrogen-bond acceptors (Lipinski definition) is 2. The van der Waals surface area contributed by atoms with Crippen molar-refractivity contribution in [3.63, 3.8) is 0 Å². The number of nitrogens with two attached hydrogens (primary N) is 1. The molecule has 0 heterocycles. The smallest absolute Gasteiger partial charge is 0.311 e. The van der Waals surface area contributed by atoms with Crippen LogP contribution < -0.4 is 5.73 Å². The second-order valence-corrected chi connectivity index (χ2v) is 5.45. The molecule has 1 aliphatic rings. The number of aryl methyl sites for hydroxylation is 2. The van der Waals surface area contributed by atoms with Crippen molar-refractivity contribution in [2.75, 3.05) is 5.73 Å². The predicted molar refractivity (Wildman–Crippen MR) is 72.7 cm³/mol. The molecule has 2 rings (SSSR count). The molecule has 18 heavy (non-hydrogen) atoms.